The minimum atomic E-state index is -0.109. The summed E-state index contributed by atoms with van der Waals surface area (Å²) in [6, 6.07) is 5.43. The van der Waals surface area contributed by atoms with Gasteiger partial charge in [0.05, 0.1) is 17.1 Å². The van der Waals surface area contributed by atoms with Gasteiger partial charge in [-0.05, 0) is 25.1 Å². The Morgan fingerprint density at radius 2 is 2.08 bits per heavy atom. The van der Waals surface area contributed by atoms with Crippen LogP contribution in [0, 0.1) is 0 Å². The van der Waals surface area contributed by atoms with Crippen molar-refractivity contribution in [3.8, 4) is 0 Å². The molecule has 0 saturated carbocycles. The van der Waals surface area contributed by atoms with Crippen LogP contribution in [0.4, 0.5) is 5.69 Å². The zero-order valence-electron chi connectivity index (χ0n) is 14.7. The zero-order chi connectivity index (χ0) is 17.8. The zero-order valence-corrected chi connectivity index (χ0v) is 14.7. The van der Waals surface area contributed by atoms with Crippen LogP contribution in [0.5, 0.6) is 0 Å². The van der Waals surface area contributed by atoms with Crippen molar-refractivity contribution in [2.24, 2.45) is 4.99 Å². The van der Waals surface area contributed by atoms with Crippen LogP contribution >= 0.6 is 0 Å². The Kier molecular flexibility index (Phi) is 5.09. The standard InChI is InChI=1S/C19H23N5O/c1-14(2)4-6-16(20-3)17-12-19(25)24-13-15(5-7-18(24)22-17)23-10-8-21-9-11-23/h4-7,12-13,21H,1,8-11H2,2-3H3/b6-4-,20-16?. The van der Waals surface area contributed by atoms with Gasteiger partial charge in [0.2, 0.25) is 0 Å². The summed E-state index contributed by atoms with van der Waals surface area (Å²) in [7, 11) is 1.69. The van der Waals surface area contributed by atoms with Crippen molar-refractivity contribution in [2.75, 3.05) is 38.1 Å². The highest BCUT2D eigenvalue weighted by Crippen LogP contribution is 2.15. The van der Waals surface area contributed by atoms with Crippen molar-refractivity contribution in [3.63, 3.8) is 0 Å². The number of piperazine rings is 1. The van der Waals surface area contributed by atoms with Gasteiger partial charge in [-0.25, -0.2) is 4.98 Å². The second kappa shape index (κ2) is 7.44. The van der Waals surface area contributed by atoms with Crippen molar-refractivity contribution < 1.29 is 0 Å². The molecule has 6 heteroatoms. The van der Waals surface area contributed by atoms with E-state index in [-0.39, 0.29) is 5.56 Å². The van der Waals surface area contributed by atoms with Gasteiger partial charge in [-0.3, -0.25) is 14.2 Å². The molecule has 0 radical (unpaired) electrons. The van der Waals surface area contributed by atoms with E-state index in [1.165, 1.54) is 6.07 Å². The maximum Gasteiger partial charge on any atom is 0.258 e. The van der Waals surface area contributed by atoms with Gasteiger partial charge >= 0.3 is 0 Å². The molecule has 0 aliphatic carbocycles. The van der Waals surface area contributed by atoms with Crippen LogP contribution in [-0.4, -0.2) is 48.3 Å². The number of aliphatic imine (C=N–C) groups is 1. The van der Waals surface area contributed by atoms with E-state index < -0.39 is 0 Å². The first-order chi connectivity index (χ1) is 12.1. The molecule has 3 heterocycles. The molecule has 0 atom stereocenters. The minimum absolute atomic E-state index is 0.109. The van der Waals surface area contributed by atoms with Gasteiger partial charge in [-0.15, -0.1) is 0 Å². The average Bonchev–Trinajstić information content (AvgIpc) is 2.62. The van der Waals surface area contributed by atoms with Gasteiger partial charge in [0.1, 0.15) is 5.65 Å². The first kappa shape index (κ1) is 17.1. The predicted octanol–water partition coefficient (Wildman–Crippen LogP) is 1.66. The van der Waals surface area contributed by atoms with Crippen LogP contribution < -0.4 is 15.8 Å². The number of pyridine rings is 1. The van der Waals surface area contributed by atoms with Gasteiger partial charge in [-0.1, -0.05) is 18.2 Å². The summed E-state index contributed by atoms with van der Waals surface area (Å²) < 4.78 is 1.59. The molecular formula is C19H23N5O. The van der Waals surface area contributed by atoms with Gasteiger partial charge < -0.3 is 10.2 Å². The summed E-state index contributed by atoms with van der Waals surface area (Å²) in [5.41, 5.74) is 3.69. The number of aromatic nitrogens is 2. The van der Waals surface area contributed by atoms with Crippen molar-refractivity contribution in [1.82, 2.24) is 14.7 Å². The Hall–Kier alpha value is -2.73. The average molecular weight is 337 g/mol. The fraction of sp³-hybridized carbons (Fsp3) is 0.316. The molecule has 2 aromatic heterocycles. The molecule has 3 rings (SSSR count). The molecule has 0 spiro atoms. The molecule has 130 valence electrons. The number of allylic oxidation sites excluding steroid dienone is 3. The lowest BCUT2D eigenvalue weighted by molar-refractivity contribution is 0.588. The Labute approximate surface area is 147 Å². The molecule has 0 unspecified atom stereocenters. The lowest BCUT2D eigenvalue weighted by Gasteiger charge is -2.29. The SMILES string of the molecule is C=C(C)/C=C\C(=NC)c1cc(=O)n2cc(N3CCNCC3)ccc2n1. The number of hydrogen-bond donors (Lipinski definition) is 1. The second-order valence-corrected chi connectivity index (χ2v) is 6.12. The van der Waals surface area contributed by atoms with Crippen LogP contribution in [0.1, 0.15) is 12.6 Å². The van der Waals surface area contributed by atoms with Crippen molar-refractivity contribution in [2.45, 2.75) is 6.92 Å². The number of nitrogens with zero attached hydrogens (tertiary/aromatic N) is 4. The van der Waals surface area contributed by atoms with Crippen LogP contribution in [-0.2, 0) is 0 Å². The van der Waals surface area contributed by atoms with Gasteiger partial charge in [0.15, 0.2) is 0 Å². The minimum Gasteiger partial charge on any atom is -0.368 e. The van der Waals surface area contributed by atoms with E-state index in [0.29, 0.717) is 17.1 Å². The molecule has 1 aliphatic rings. The third-order valence-electron chi connectivity index (χ3n) is 4.16. The van der Waals surface area contributed by atoms with Crippen LogP contribution in [0.2, 0.25) is 0 Å². The first-order valence-electron chi connectivity index (χ1n) is 8.38. The van der Waals surface area contributed by atoms with Crippen LogP contribution in [0.15, 0.2) is 58.5 Å². The van der Waals surface area contributed by atoms with E-state index in [9.17, 15) is 4.79 Å². The van der Waals surface area contributed by atoms with Crippen LogP contribution in [0.3, 0.4) is 0 Å². The fourth-order valence-electron chi connectivity index (χ4n) is 2.83. The summed E-state index contributed by atoms with van der Waals surface area (Å²) in [5, 5.41) is 3.33. The van der Waals surface area contributed by atoms with Crippen molar-refractivity contribution >= 4 is 17.0 Å². The third-order valence-corrected chi connectivity index (χ3v) is 4.16. The molecule has 6 nitrogen and oxygen atoms in total. The number of fused-ring (bicyclic) bond motifs is 1. The third kappa shape index (κ3) is 3.85. The Morgan fingerprint density at radius 1 is 1.32 bits per heavy atom. The Bertz CT molecular complexity index is 904. The second-order valence-electron chi connectivity index (χ2n) is 6.12. The van der Waals surface area contributed by atoms with Crippen molar-refractivity contribution in [1.29, 1.82) is 0 Å². The normalized spacial score (nSPS) is 15.9. The highest BCUT2D eigenvalue weighted by Gasteiger charge is 2.12. The lowest BCUT2D eigenvalue weighted by Crippen LogP contribution is -2.43. The van der Waals surface area contributed by atoms with E-state index in [0.717, 1.165) is 37.4 Å². The number of nitrogens with one attached hydrogen (secondary N) is 1. The van der Waals surface area contributed by atoms with Gasteiger partial charge in [-0.2, -0.15) is 0 Å². The summed E-state index contributed by atoms with van der Waals surface area (Å²) in [4.78, 5) is 23.7. The molecule has 2 aromatic rings. The van der Waals surface area contributed by atoms with E-state index in [2.05, 4.69) is 26.8 Å². The molecule has 0 aromatic carbocycles. The molecular weight excluding hydrogens is 314 g/mol. The monoisotopic (exact) mass is 337 g/mol. The van der Waals surface area contributed by atoms with E-state index >= 15 is 0 Å². The maximum atomic E-state index is 12.6. The highest BCUT2D eigenvalue weighted by molar-refractivity contribution is 6.07. The molecule has 0 amide bonds. The number of hydrogen-bond acceptors (Lipinski definition) is 5. The van der Waals surface area contributed by atoms with E-state index in [4.69, 9.17) is 0 Å². The topological polar surface area (TPSA) is 62.0 Å². The molecule has 1 aliphatic heterocycles. The largest absolute Gasteiger partial charge is 0.368 e. The molecule has 1 N–H and O–H groups in total. The summed E-state index contributed by atoms with van der Waals surface area (Å²) in [5.74, 6) is 0. The Balaban J connectivity index is 2.00. The fourth-order valence-corrected chi connectivity index (χ4v) is 2.83. The van der Waals surface area contributed by atoms with Crippen LogP contribution in [0.25, 0.3) is 5.65 Å². The number of anilines is 1. The lowest BCUT2D eigenvalue weighted by atomic mass is 10.2. The molecule has 25 heavy (non-hydrogen) atoms. The first-order valence-corrected chi connectivity index (χ1v) is 8.38. The molecule has 1 saturated heterocycles. The van der Waals surface area contributed by atoms with Crippen molar-refractivity contribution in [3.05, 3.63) is 64.7 Å². The van der Waals surface area contributed by atoms with E-state index in [1.807, 2.05) is 37.4 Å². The number of rotatable bonds is 4. The van der Waals surface area contributed by atoms with Gasteiger partial charge in [0.25, 0.3) is 5.56 Å². The summed E-state index contributed by atoms with van der Waals surface area (Å²) >= 11 is 0. The predicted molar refractivity (Wildman–Crippen MR) is 103 cm³/mol. The summed E-state index contributed by atoms with van der Waals surface area (Å²) in [6.45, 7) is 9.52. The van der Waals surface area contributed by atoms with Gasteiger partial charge in [0, 0.05) is 45.5 Å². The smallest absolute Gasteiger partial charge is 0.258 e. The maximum absolute atomic E-state index is 12.6. The van der Waals surface area contributed by atoms with E-state index in [1.54, 1.807) is 11.4 Å². The quantitative estimate of drug-likeness (QED) is 0.681. The molecule has 0 bridgehead atoms. The highest BCUT2D eigenvalue weighted by atomic mass is 16.1. The Morgan fingerprint density at radius 3 is 2.76 bits per heavy atom. The summed E-state index contributed by atoms with van der Waals surface area (Å²) in [6.07, 6.45) is 5.56. The molecule has 1 fully saturated rings.